The fourth-order valence-corrected chi connectivity index (χ4v) is 1.48. The van der Waals surface area contributed by atoms with Gasteiger partial charge in [0.2, 0.25) is 0 Å². The standard InChI is InChI=1S/C11H16BrNO/c1-8(14)7-13-9(2)10-3-5-11(12)6-4-10/h3-6,8-9,13-14H,7H2,1-2H3/t8-,9?/m0/s1. The molecule has 2 nitrogen and oxygen atoms in total. The van der Waals surface area contributed by atoms with E-state index in [0.29, 0.717) is 6.54 Å². The third kappa shape index (κ3) is 3.78. The molecule has 1 aromatic rings. The summed E-state index contributed by atoms with van der Waals surface area (Å²) in [5, 5.41) is 12.4. The Kier molecular flexibility index (Phi) is 4.58. The van der Waals surface area contributed by atoms with Crippen LogP contribution in [0.5, 0.6) is 0 Å². The lowest BCUT2D eigenvalue weighted by molar-refractivity contribution is 0.187. The summed E-state index contributed by atoms with van der Waals surface area (Å²) in [6.45, 7) is 4.49. The molecule has 0 heterocycles. The summed E-state index contributed by atoms with van der Waals surface area (Å²) in [6.07, 6.45) is -0.298. The first kappa shape index (κ1) is 11.7. The molecule has 0 aliphatic rings. The summed E-state index contributed by atoms with van der Waals surface area (Å²) < 4.78 is 1.09. The van der Waals surface area contributed by atoms with Crippen molar-refractivity contribution in [2.24, 2.45) is 0 Å². The molecular formula is C11H16BrNO. The molecule has 2 N–H and O–H groups in total. The SMILES string of the molecule is CC(NC[C@H](C)O)c1ccc(Br)cc1. The van der Waals surface area contributed by atoms with Crippen LogP contribution < -0.4 is 5.32 Å². The summed E-state index contributed by atoms with van der Waals surface area (Å²) in [7, 11) is 0. The molecule has 1 unspecified atom stereocenters. The number of benzene rings is 1. The summed E-state index contributed by atoms with van der Waals surface area (Å²) >= 11 is 3.40. The van der Waals surface area contributed by atoms with Crippen LogP contribution in [-0.2, 0) is 0 Å². The molecule has 0 spiro atoms. The van der Waals surface area contributed by atoms with Gasteiger partial charge in [-0.2, -0.15) is 0 Å². The number of hydrogen-bond acceptors (Lipinski definition) is 2. The highest BCUT2D eigenvalue weighted by molar-refractivity contribution is 9.10. The Balaban J connectivity index is 2.52. The van der Waals surface area contributed by atoms with Crippen LogP contribution in [0.25, 0.3) is 0 Å². The van der Waals surface area contributed by atoms with Gasteiger partial charge in [0, 0.05) is 17.1 Å². The second-order valence-corrected chi connectivity index (χ2v) is 4.45. The number of rotatable bonds is 4. The molecule has 1 rings (SSSR count). The minimum atomic E-state index is -0.298. The van der Waals surface area contributed by atoms with Gasteiger partial charge in [0.1, 0.15) is 0 Å². The Morgan fingerprint density at radius 1 is 1.29 bits per heavy atom. The summed E-state index contributed by atoms with van der Waals surface area (Å²) in [5.41, 5.74) is 1.23. The van der Waals surface area contributed by atoms with Crippen molar-refractivity contribution in [3.63, 3.8) is 0 Å². The number of nitrogens with one attached hydrogen (secondary N) is 1. The van der Waals surface area contributed by atoms with Gasteiger partial charge >= 0.3 is 0 Å². The zero-order valence-corrected chi connectivity index (χ0v) is 10.1. The van der Waals surface area contributed by atoms with Crippen LogP contribution in [0, 0.1) is 0 Å². The minimum Gasteiger partial charge on any atom is -0.392 e. The van der Waals surface area contributed by atoms with Crippen molar-refractivity contribution in [3.05, 3.63) is 34.3 Å². The van der Waals surface area contributed by atoms with Crippen molar-refractivity contribution in [2.45, 2.75) is 26.0 Å². The second-order valence-electron chi connectivity index (χ2n) is 3.53. The monoisotopic (exact) mass is 257 g/mol. The average molecular weight is 258 g/mol. The molecule has 0 radical (unpaired) electrons. The maximum Gasteiger partial charge on any atom is 0.0636 e. The van der Waals surface area contributed by atoms with Gasteiger partial charge in [-0.05, 0) is 31.5 Å². The zero-order valence-electron chi connectivity index (χ0n) is 8.50. The van der Waals surface area contributed by atoms with Gasteiger partial charge in [-0.25, -0.2) is 0 Å². The molecule has 2 atom stereocenters. The quantitative estimate of drug-likeness (QED) is 0.869. The summed E-state index contributed by atoms with van der Waals surface area (Å²) in [4.78, 5) is 0. The maximum atomic E-state index is 9.12. The molecule has 0 amide bonds. The molecule has 0 fully saturated rings. The number of aliphatic hydroxyl groups is 1. The third-order valence-electron chi connectivity index (χ3n) is 2.09. The van der Waals surface area contributed by atoms with E-state index >= 15 is 0 Å². The normalized spacial score (nSPS) is 15.1. The molecule has 14 heavy (non-hydrogen) atoms. The van der Waals surface area contributed by atoms with E-state index in [2.05, 4.69) is 40.3 Å². The Bertz CT molecular complexity index is 271. The molecule has 0 saturated carbocycles. The molecular weight excluding hydrogens is 242 g/mol. The van der Waals surface area contributed by atoms with E-state index in [0.717, 1.165) is 4.47 Å². The Hall–Kier alpha value is -0.380. The van der Waals surface area contributed by atoms with Crippen LogP contribution in [0.15, 0.2) is 28.7 Å². The van der Waals surface area contributed by atoms with E-state index < -0.39 is 0 Å². The summed E-state index contributed by atoms with van der Waals surface area (Å²) in [5.74, 6) is 0. The van der Waals surface area contributed by atoms with E-state index in [4.69, 9.17) is 5.11 Å². The van der Waals surface area contributed by atoms with Gasteiger partial charge in [0.05, 0.1) is 6.10 Å². The third-order valence-corrected chi connectivity index (χ3v) is 2.62. The van der Waals surface area contributed by atoms with Crippen LogP contribution in [0.1, 0.15) is 25.5 Å². The maximum absolute atomic E-state index is 9.12. The molecule has 0 bridgehead atoms. The van der Waals surface area contributed by atoms with Gasteiger partial charge in [0.15, 0.2) is 0 Å². The molecule has 0 aliphatic carbocycles. The largest absolute Gasteiger partial charge is 0.392 e. The van der Waals surface area contributed by atoms with Crippen molar-refractivity contribution in [1.29, 1.82) is 0 Å². The minimum absolute atomic E-state index is 0.276. The number of hydrogen-bond donors (Lipinski definition) is 2. The lowest BCUT2D eigenvalue weighted by Gasteiger charge is -2.15. The second kappa shape index (κ2) is 5.49. The lowest BCUT2D eigenvalue weighted by Crippen LogP contribution is -2.27. The Morgan fingerprint density at radius 3 is 2.36 bits per heavy atom. The zero-order chi connectivity index (χ0) is 10.6. The van der Waals surface area contributed by atoms with E-state index in [9.17, 15) is 0 Å². The van der Waals surface area contributed by atoms with Crippen LogP contribution in [0.3, 0.4) is 0 Å². The number of aliphatic hydroxyl groups excluding tert-OH is 1. The highest BCUT2D eigenvalue weighted by Crippen LogP contribution is 2.16. The fourth-order valence-electron chi connectivity index (χ4n) is 1.22. The highest BCUT2D eigenvalue weighted by Gasteiger charge is 2.05. The first-order chi connectivity index (χ1) is 6.59. The number of halogens is 1. The van der Waals surface area contributed by atoms with Crippen LogP contribution in [0.2, 0.25) is 0 Å². The van der Waals surface area contributed by atoms with E-state index in [1.54, 1.807) is 6.92 Å². The van der Waals surface area contributed by atoms with Crippen molar-refractivity contribution in [3.8, 4) is 0 Å². The Morgan fingerprint density at radius 2 is 1.86 bits per heavy atom. The first-order valence-corrected chi connectivity index (χ1v) is 5.56. The van der Waals surface area contributed by atoms with E-state index in [-0.39, 0.29) is 12.1 Å². The Labute approximate surface area is 93.5 Å². The van der Waals surface area contributed by atoms with Crippen molar-refractivity contribution in [2.75, 3.05) is 6.54 Å². The molecule has 3 heteroatoms. The van der Waals surface area contributed by atoms with Gasteiger partial charge in [-0.1, -0.05) is 28.1 Å². The summed E-state index contributed by atoms with van der Waals surface area (Å²) in [6, 6.07) is 8.47. The smallest absolute Gasteiger partial charge is 0.0636 e. The van der Waals surface area contributed by atoms with Gasteiger partial charge in [0.25, 0.3) is 0 Å². The van der Waals surface area contributed by atoms with Crippen molar-refractivity contribution < 1.29 is 5.11 Å². The lowest BCUT2D eigenvalue weighted by atomic mass is 10.1. The molecule has 1 aromatic carbocycles. The molecule has 0 saturated heterocycles. The van der Waals surface area contributed by atoms with E-state index in [1.807, 2.05) is 12.1 Å². The van der Waals surface area contributed by atoms with Crippen LogP contribution >= 0.6 is 15.9 Å². The predicted molar refractivity (Wildman–Crippen MR) is 62.2 cm³/mol. The van der Waals surface area contributed by atoms with Gasteiger partial charge in [-0.15, -0.1) is 0 Å². The van der Waals surface area contributed by atoms with Crippen LogP contribution in [0.4, 0.5) is 0 Å². The predicted octanol–water partition coefficient (Wildman–Crippen LogP) is 2.48. The average Bonchev–Trinajstić information content (AvgIpc) is 2.15. The van der Waals surface area contributed by atoms with Gasteiger partial charge in [-0.3, -0.25) is 0 Å². The van der Waals surface area contributed by atoms with Crippen molar-refractivity contribution in [1.82, 2.24) is 5.32 Å². The molecule has 78 valence electrons. The molecule has 0 aromatic heterocycles. The van der Waals surface area contributed by atoms with Crippen molar-refractivity contribution >= 4 is 15.9 Å². The topological polar surface area (TPSA) is 32.3 Å². The molecule has 0 aliphatic heterocycles. The first-order valence-electron chi connectivity index (χ1n) is 4.76. The van der Waals surface area contributed by atoms with Gasteiger partial charge < -0.3 is 10.4 Å². The van der Waals surface area contributed by atoms with E-state index in [1.165, 1.54) is 5.56 Å². The highest BCUT2D eigenvalue weighted by atomic mass is 79.9. The fraction of sp³-hybridized carbons (Fsp3) is 0.455. The van der Waals surface area contributed by atoms with Crippen LogP contribution in [-0.4, -0.2) is 17.8 Å².